The zero-order valence-electron chi connectivity index (χ0n) is 26.1. The smallest absolute Gasteiger partial charge is 0.319 e. The van der Waals surface area contributed by atoms with E-state index in [2.05, 4.69) is 36.9 Å². The number of aromatic nitrogens is 3. The Balaban J connectivity index is 1.14. The monoisotopic (exact) mass is 627 g/mol. The fourth-order valence-corrected chi connectivity index (χ4v) is 9.02. The molecule has 5 aliphatic heterocycles. The molecule has 2 N–H and O–H groups in total. The molecule has 7 heterocycles. The molecule has 5 saturated heterocycles. The molecule has 0 spiro atoms. The maximum Gasteiger partial charge on any atom is 0.319 e. The predicted octanol–water partition coefficient (Wildman–Crippen LogP) is 4.71. The molecule has 9 nitrogen and oxygen atoms in total. The van der Waals surface area contributed by atoms with Crippen LogP contribution < -0.4 is 15.0 Å². The number of ether oxygens (including phenoxy) is 1. The Morgan fingerprint density at radius 3 is 2.74 bits per heavy atom. The molecule has 0 amide bonds. The first-order chi connectivity index (χ1) is 22.3. The molecule has 0 saturated carbocycles. The molecule has 0 radical (unpaired) electrons. The van der Waals surface area contributed by atoms with Crippen LogP contribution in [0.1, 0.15) is 39.0 Å². The first-order valence-corrected chi connectivity index (χ1v) is 16.7. The molecule has 5 fully saturated rings. The number of nitrogens with one attached hydrogen (secondary N) is 1. The van der Waals surface area contributed by atoms with Gasteiger partial charge in [0.05, 0.1) is 10.9 Å². The van der Waals surface area contributed by atoms with Gasteiger partial charge in [-0.3, -0.25) is 14.8 Å². The minimum atomic E-state index is -0.683. The Labute approximate surface area is 266 Å². The van der Waals surface area contributed by atoms with Gasteiger partial charge in [-0.1, -0.05) is 19.1 Å². The molecule has 0 aliphatic carbocycles. The lowest BCUT2D eigenvalue weighted by Gasteiger charge is -2.41. The van der Waals surface area contributed by atoms with Crippen LogP contribution in [0.4, 0.5) is 14.6 Å². The number of halogens is 2. The number of phenols is 1. The fourth-order valence-electron chi connectivity index (χ4n) is 9.02. The Bertz CT molecular complexity index is 1840. The summed E-state index contributed by atoms with van der Waals surface area (Å²) in [6.07, 6.45) is 7.13. The number of anilines is 1. The van der Waals surface area contributed by atoms with E-state index in [0.29, 0.717) is 47.2 Å². The van der Waals surface area contributed by atoms with Gasteiger partial charge in [-0.2, -0.15) is 9.97 Å². The van der Waals surface area contributed by atoms with Gasteiger partial charge in [-0.05, 0) is 68.2 Å². The highest BCUT2D eigenvalue weighted by molar-refractivity contribution is 6.00. The highest BCUT2D eigenvalue weighted by atomic mass is 19.1. The van der Waals surface area contributed by atoms with Gasteiger partial charge < -0.3 is 20.1 Å². The van der Waals surface area contributed by atoms with Crippen LogP contribution in [0.25, 0.3) is 32.9 Å². The van der Waals surface area contributed by atoms with E-state index in [4.69, 9.17) is 9.72 Å². The predicted molar refractivity (Wildman–Crippen MR) is 172 cm³/mol. The summed E-state index contributed by atoms with van der Waals surface area (Å²) < 4.78 is 38.4. The van der Waals surface area contributed by atoms with Crippen molar-refractivity contribution in [1.29, 1.82) is 0 Å². The molecule has 2 unspecified atom stereocenters. The second kappa shape index (κ2) is 10.7. The SMILES string of the molecule is C[C@H]1CN2CCC[C@@]2(COc2nc(N3CC4CCC(C3)N4C[C@@H]3CN3)c3cnc(-c4cc(O)cc5cccc(F)c45)c(F)c3n2)C1. The standard InChI is InChI=1S/C35H39F2N7O2/c1-20-12-35(8-3-9-43(35)15-20)19-46-34-40-32-27(33(41-34)42-17-23-6-7-24(18-42)44(23)16-22-13-38-22)14-39-31(30(32)37)26-11-25(45)10-21-4-2-5-28(36)29(21)26/h2,4-5,10-11,14,20,22-24,38,45H,3,6-9,12-13,15-19H2,1H3/t20-,22+,23?,24?,35+/m1/s1. The number of fused-ring (bicyclic) bond motifs is 5. The molecule has 240 valence electrons. The number of hydrogen-bond acceptors (Lipinski definition) is 9. The van der Waals surface area contributed by atoms with Gasteiger partial charge in [0.2, 0.25) is 0 Å². The Morgan fingerprint density at radius 2 is 1.93 bits per heavy atom. The van der Waals surface area contributed by atoms with E-state index < -0.39 is 11.6 Å². The van der Waals surface area contributed by atoms with Gasteiger partial charge >= 0.3 is 6.01 Å². The third kappa shape index (κ3) is 4.69. The molecule has 11 heteroatoms. The lowest BCUT2D eigenvalue weighted by Crippen LogP contribution is -2.55. The van der Waals surface area contributed by atoms with E-state index in [1.165, 1.54) is 18.2 Å². The van der Waals surface area contributed by atoms with Crippen molar-refractivity contribution >= 4 is 27.5 Å². The van der Waals surface area contributed by atoms with Gasteiger partial charge in [0.15, 0.2) is 5.82 Å². The summed E-state index contributed by atoms with van der Waals surface area (Å²) in [7, 11) is 0. The van der Waals surface area contributed by atoms with Crippen LogP contribution in [-0.4, -0.2) is 99.4 Å². The number of phenolic OH excluding ortho intramolecular Hbond substituents is 1. The van der Waals surface area contributed by atoms with E-state index >= 15 is 8.78 Å². The number of nitrogens with zero attached hydrogens (tertiary/aromatic N) is 6. The van der Waals surface area contributed by atoms with Gasteiger partial charge in [0, 0.05) is 68.0 Å². The maximum atomic E-state index is 16.8. The van der Waals surface area contributed by atoms with Crippen LogP contribution in [-0.2, 0) is 0 Å². The summed E-state index contributed by atoms with van der Waals surface area (Å²) in [6, 6.07) is 8.96. The molecule has 46 heavy (non-hydrogen) atoms. The topological polar surface area (TPSA) is 99.8 Å². The third-order valence-corrected chi connectivity index (χ3v) is 11.1. The minimum absolute atomic E-state index is 0.0422. The number of benzene rings is 2. The summed E-state index contributed by atoms with van der Waals surface area (Å²) in [5.41, 5.74) is 0.159. The van der Waals surface area contributed by atoms with Crippen LogP contribution in [0.5, 0.6) is 11.8 Å². The van der Waals surface area contributed by atoms with E-state index in [-0.39, 0.29) is 39.5 Å². The summed E-state index contributed by atoms with van der Waals surface area (Å²) in [4.78, 5) is 21.6. The lowest BCUT2D eigenvalue weighted by atomic mass is 9.92. The van der Waals surface area contributed by atoms with Crippen LogP contribution in [0.15, 0.2) is 36.5 Å². The second-order valence-corrected chi connectivity index (χ2v) is 14.3. The van der Waals surface area contributed by atoms with Crippen molar-refractivity contribution in [1.82, 2.24) is 30.1 Å². The quantitative estimate of drug-likeness (QED) is 0.283. The number of piperazine rings is 1. The Morgan fingerprint density at radius 1 is 1.11 bits per heavy atom. The fraction of sp³-hybridized carbons (Fsp3) is 0.514. The summed E-state index contributed by atoms with van der Waals surface area (Å²) in [5, 5.41) is 15.1. The number of rotatable bonds is 7. The zero-order valence-corrected chi connectivity index (χ0v) is 26.1. The zero-order chi connectivity index (χ0) is 31.2. The van der Waals surface area contributed by atoms with E-state index in [9.17, 15) is 5.11 Å². The molecule has 9 rings (SSSR count). The largest absolute Gasteiger partial charge is 0.508 e. The van der Waals surface area contributed by atoms with Crippen molar-refractivity contribution in [2.45, 2.75) is 62.7 Å². The highest BCUT2D eigenvalue weighted by Crippen LogP contribution is 2.43. The number of hydrogen-bond donors (Lipinski definition) is 2. The molecule has 5 atom stereocenters. The Kier molecular flexibility index (Phi) is 6.63. The van der Waals surface area contributed by atoms with Crippen LogP contribution in [0.2, 0.25) is 0 Å². The molecule has 5 aliphatic rings. The van der Waals surface area contributed by atoms with Crippen LogP contribution in [0, 0.1) is 17.6 Å². The van der Waals surface area contributed by atoms with Crippen molar-refractivity contribution in [3.8, 4) is 23.0 Å². The first-order valence-electron chi connectivity index (χ1n) is 16.7. The van der Waals surface area contributed by atoms with E-state index in [0.717, 1.165) is 71.4 Å². The van der Waals surface area contributed by atoms with Crippen molar-refractivity contribution in [3.05, 3.63) is 48.2 Å². The van der Waals surface area contributed by atoms with Crippen molar-refractivity contribution in [3.63, 3.8) is 0 Å². The van der Waals surface area contributed by atoms with Gasteiger partial charge in [-0.15, -0.1) is 0 Å². The third-order valence-electron chi connectivity index (χ3n) is 11.1. The summed E-state index contributed by atoms with van der Waals surface area (Å²) in [5.74, 6) is -0.0627. The summed E-state index contributed by atoms with van der Waals surface area (Å²) >= 11 is 0. The normalized spacial score (nSPS) is 29.2. The number of pyridine rings is 1. The van der Waals surface area contributed by atoms with Gasteiger partial charge in [-0.25, -0.2) is 8.78 Å². The van der Waals surface area contributed by atoms with Crippen molar-refractivity contribution < 1.29 is 18.6 Å². The molecule has 2 aromatic heterocycles. The molecule has 2 aromatic carbocycles. The maximum absolute atomic E-state index is 16.8. The van der Waals surface area contributed by atoms with Gasteiger partial charge in [0.25, 0.3) is 0 Å². The lowest BCUT2D eigenvalue weighted by molar-refractivity contribution is 0.107. The molecule has 2 bridgehead atoms. The highest BCUT2D eigenvalue weighted by Gasteiger charge is 2.48. The summed E-state index contributed by atoms with van der Waals surface area (Å²) in [6.45, 7) is 8.60. The van der Waals surface area contributed by atoms with Crippen molar-refractivity contribution in [2.75, 3.05) is 50.8 Å². The average Bonchev–Trinajstić information content (AvgIpc) is 3.63. The van der Waals surface area contributed by atoms with Gasteiger partial charge in [0.1, 0.15) is 35.2 Å². The van der Waals surface area contributed by atoms with Crippen LogP contribution >= 0.6 is 0 Å². The molecule has 4 aromatic rings. The minimum Gasteiger partial charge on any atom is -0.508 e. The van der Waals surface area contributed by atoms with E-state index in [1.807, 2.05) is 0 Å². The molecular formula is C35H39F2N7O2. The second-order valence-electron chi connectivity index (χ2n) is 14.3. The Hall–Kier alpha value is -3.67. The van der Waals surface area contributed by atoms with E-state index in [1.54, 1.807) is 18.3 Å². The first kappa shape index (κ1) is 28.5. The van der Waals surface area contributed by atoms with Crippen LogP contribution in [0.3, 0.4) is 0 Å². The number of aromatic hydroxyl groups is 1. The van der Waals surface area contributed by atoms with Crippen molar-refractivity contribution in [2.24, 2.45) is 5.92 Å². The molecular weight excluding hydrogens is 588 g/mol. The average molecular weight is 628 g/mol.